The van der Waals surface area contributed by atoms with Crippen LogP contribution in [0.15, 0.2) is 30.3 Å². The number of ether oxygens (including phenoxy) is 1. The molecule has 1 aliphatic rings. The molecule has 2 rings (SSSR count). The highest BCUT2D eigenvalue weighted by molar-refractivity contribution is 9.09. The highest BCUT2D eigenvalue weighted by Crippen LogP contribution is 2.30. The Morgan fingerprint density at radius 2 is 2.23 bits per heavy atom. The highest BCUT2D eigenvalue weighted by Gasteiger charge is 2.18. The summed E-state index contributed by atoms with van der Waals surface area (Å²) in [6, 6.07) is 8.16. The van der Waals surface area contributed by atoms with Crippen LogP contribution in [-0.2, 0) is 4.74 Å². The van der Waals surface area contributed by atoms with Crippen LogP contribution in [0.4, 0.5) is 0 Å². The fourth-order valence-electron chi connectivity index (χ4n) is 1.45. The Balaban J connectivity index is 2.23. The average molecular weight is 238 g/mol. The molecule has 1 radical (unpaired) electrons. The molecule has 0 bridgehead atoms. The molecule has 2 unspecified atom stereocenters. The molecule has 2 atom stereocenters. The van der Waals surface area contributed by atoms with Gasteiger partial charge >= 0.3 is 0 Å². The number of alkyl halides is 1. The number of benzene rings is 1. The smallest absolute Gasteiger partial charge is 0.111 e. The number of fused-ring (bicyclic) bond motifs is 1. The van der Waals surface area contributed by atoms with Crippen molar-refractivity contribution in [3.8, 4) is 0 Å². The topological polar surface area (TPSA) is 9.23 Å². The molecule has 1 aliphatic carbocycles. The van der Waals surface area contributed by atoms with Crippen LogP contribution in [0.25, 0.3) is 0 Å². The summed E-state index contributed by atoms with van der Waals surface area (Å²) in [5.74, 6) is 0. The van der Waals surface area contributed by atoms with Gasteiger partial charge < -0.3 is 4.74 Å². The van der Waals surface area contributed by atoms with E-state index in [-0.39, 0.29) is 11.1 Å². The molecule has 0 heterocycles. The SMILES string of the molecule is CC(Br)OC1C=[C]c2ccccc21. The van der Waals surface area contributed by atoms with Crippen LogP contribution in [0, 0.1) is 6.08 Å². The predicted octanol–water partition coefficient (Wildman–Crippen LogP) is 3.21. The monoisotopic (exact) mass is 237 g/mol. The molecule has 13 heavy (non-hydrogen) atoms. The molecule has 1 aromatic rings. The van der Waals surface area contributed by atoms with E-state index < -0.39 is 0 Å². The van der Waals surface area contributed by atoms with Gasteiger partial charge in [-0.05, 0) is 30.2 Å². The quantitative estimate of drug-likeness (QED) is 0.719. The van der Waals surface area contributed by atoms with E-state index in [1.165, 1.54) is 5.56 Å². The maximum absolute atomic E-state index is 5.64. The number of hydrogen-bond acceptors (Lipinski definition) is 1. The van der Waals surface area contributed by atoms with Crippen LogP contribution >= 0.6 is 15.9 Å². The summed E-state index contributed by atoms with van der Waals surface area (Å²) in [5, 5.41) is 0.0710. The van der Waals surface area contributed by atoms with E-state index >= 15 is 0 Å². The van der Waals surface area contributed by atoms with Gasteiger partial charge in [0.2, 0.25) is 0 Å². The zero-order chi connectivity index (χ0) is 9.26. The van der Waals surface area contributed by atoms with Gasteiger partial charge in [0, 0.05) is 0 Å². The van der Waals surface area contributed by atoms with Crippen LogP contribution in [-0.4, -0.2) is 5.01 Å². The fraction of sp³-hybridized carbons (Fsp3) is 0.273. The van der Waals surface area contributed by atoms with E-state index in [2.05, 4.69) is 28.1 Å². The van der Waals surface area contributed by atoms with Crippen molar-refractivity contribution in [3.05, 3.63) is 47.5 Å². The third-order valence-corrected chi connectivity index (χ3v) is 2.21. The Bertz CT molecular complexity index is 331. The highest BCUT2D eigenvalue weighted by atomic mass is 79.9. The van der Waals surface area contributed by atoms with Gasteiger partial charge in [0.05, 0.1) is 0 Å². The normalized spacial score (nSPS) is 21.5. The van der Waals surface area contributed by atoms with Gasteiger partial charge in [0.25, 0.3) is 0 Å². The molecule has 67 valence electrons. The standard InChI is InChI=1S/C11H10BrO/c1-8(12)13-11-7-6-9-4-2-3-5-10(9)11/h2-5,7-8,11H,1H3. The Kier molecular flexibility index (Phi) is 2.51. The van der Waals surface area contributed by atoms with Gasteiger partial charge in [0.15, 0.2) is 0 Å². The molecule has 0 aromatic heterocycles. The Morgan fingerprint density at radius 1 is 1.46 bits per heavy atom. The molecule has 0 spiro atoms. The van der Waals surface area contributed by atoms with Gasteiger partial charge in [-0.1, -0.05) is 40.2 Å². The lowest BCUT2D eigenvalue weighted by atomic mass is 10.1. The van der Waals surface area contributed by atoms with E-state index in [0.717, 1.165) is 5.56 Å². The molecule has 2 heteroatoms. The van der Waals surface area contributed by atoms with Crippen LogP contribution in [0.3, 0.4) is 0 Å². The van der Waals surface area contributed by atoms with E-state index in [4.69, 9.17) is 4.74 Å². The number of rotatable bonds is 2. The molecular weight excluding hydrogens is 228 g/mol. The lowest BCUT2D eigenvalue weighted by Gasteiger charge is -2.13. The van der Waals surface area contributed by atoms with E-state index in [9.17, 15) is 0 Å². The van der Waals surface area contributed by atoms with Crippen LogP contribution in [0.2, 0.25) is 0 Å². The second-order valence-corrected chi connectivity index (χ2v) is 4.29. The van der Waals surface area contributed by atoms with Crippen LogP contribution < -0.4 is 0 Å². The minimum Gasteiger partial charge on any atom is -0.355 e. The second-order valence-electron chi connectivity index (χ2n) is 3.00. The molecule has 0 N–H and O–H groups in total. The van der Waals surface area contributed by atoms with Gasteiger partial charge in [-0.15, -0.1) is 0 Å². The minimum absolute atomic E-state index is 0.0607. The van der Waals surface area contributed by atoms with Crippen molar-refractivity contribution in [2.75, 3.05) is 0 Å². The van der Waals surface area contributed by atoms with Gasteiger partial charge in [0.1, 0.15) is 11.1 Å². The molecule has 0 aliphatic heterocycles. The van der Waals surface area contributed by atoms with Gasteiger partial charge in [-0.2, -0.15) is 0 Å². The predicted molar refractivity (Wildman–Crippen MR) is 55.6 cm³/mol. The lowest BCUT2D eigenvalue weighted by Crippen LogP contribution is -2.04. The zero-order valence-corrected chi connectivity index (χ0v) is 8.91. The maximum atomic E-state index is 5.64. The first-order chi connectivity index (χ1) is 6.27. The van der Waals surface area contributed by atoms with Crippen molar-refractivity contribution >= 4 is 15.9 Å². The molecule has 0 saturated heterocycles. The summed E-state index contributed by atoms with van der Waals surface area (Å²) < 4.78 is 5.64. The number of halogens is 1. The Hall–Kier alpha value is -0.600. The van der Waals surface area contributed by atoms with Crippen molar-refractivity contribution in [3.63, 3.8) is 0 Å². The average Bonchev–Trinajstić information content (AvgIpc) is 2.48. The first-order valence-electron chi connectivity index (χ1n) is 4.26. The molecule has 1 nitrogen and oxygen atoms in total. The molecular formula is C11H10BrO. The van der Waals surface area contributed by atoms with Crippen LogP contribution in [0.5, 0.6) is 0 Å². The van der Waals surface area contributed by atoms with Crippen molar-refractivity contribution in [2.45, 2.75) is 18.0 Å². The van der Waals surface area contributed by atoms with E-state index in [1.807, 2.05) is 31.2 Å². The Morgan fingerprint density at radius 3 is 3.00 bits per heavy atom. The fourth-order valence-corrected chi connectivity index (χ4v) is 1.68. The summed E-state index contributed by atoms with van der Waals surface area (Å²) in [6.45, 7) is 1.97. The first-order valence-corrected chi connectivity index (χ1v) is 5.17. The van der Waals surface area contributed by atoms with E-state index in [1.54, 1.807) is 0 Å². The van der Waals surface area contributed by atoms with Gasteiger partial charge in [-0.25, -0.2) is 0 Å². The van der Waals surface area contributed by atoms with Crippen molar-refractivity contribution in [1.29, 1.82) is 0 Å². The summed E-state index contributed by atoms with van der Waals surface area (Å²) >= 11 is 3.37. The zero-order valence-electron chi connectivity index (χ0n) is 7.33. The second kappa shape index (κ2) is 3.64. The molecule has 0 saturated carbocycles. The summed E-state index contributed by atoms with van der Waals surface area (Å²) in [5.41, 5.74) is 2.34. The largest absolute Gasteiger partial charge is 0.355 e. The molecule has 0 fully saturated rings. The van der Waals surface area contributed by atoms with Gasteiger partial charge in [-0.3, -0.25) is 0 Å². The molecule has 1 aromatic carbocycles. The molecule has 0 amide bonds. The van der Waals surface area contributed by atoms with Crippen LogP contribution in [0.1, 0.15) is 24.2 Å². The third-order valence-electron chi connectivity index (χ3n) is 1.99. The Labute approximate surface area is 86.5 Å². The minimum atomic E-state index is 0.0607. The van der Waals surface area contributed by atoms with E-state index in [0.29, 0.717) is 0 Å². The maximum Gasteiger partial charge on any atom is 0.111 e. The summed E-state index contributed by atoms with van der Waals surface area (Å²) in [6.07, 6.45) is 5.21. The number of hydrogen-bond donors (Lipinski definition) is 0. The summed E-state index contributed by atoms with van der Waals surface area (Å²) in [7, 11) is 0. The first kappa shape index (κ1) is 8.97. The van der Waals surface area contributed by atoms with Crippen molar-refractivity contribution < 1.29 is 4.74 Å². The summed E-state index contributed by atoms with van der Waals surface area (Å²) in [4.78, 5) is 0. The van der Waals surface area contributed by atoms with Crippen molar-refractivity contribution in [1.82, 2.24) is 0 Å². The third kappa shape index (κ3) is 1.84. The van der Waals surface area contributed by atoms with Crippen molar-refractivity contribution in [2.24, 2.45) is 0 Å². The lowest BCUT2D eigenvalue weighted by molar-refractivity contribution is 0.0810.